The molecule has 1 spiro atoms. The molecule has 0 radical (unpaired) electrons. The number of hydrogen-bond acceptors (Lipinski definition) is 7. The maximum absolute atomic E-state index is 13.7. The average Bonchev–Trinajstić information content (AvgIpc) is 2.55. The molecule has 1 aromatic rings. The van der Waals surface area contributed by atoms with Gasteiger partial charge in [0, 0.05) is 0 Å². The van der Waals surface area contributed by atoms with E-state index < -0.39 is 17.4 Å². The Hall–Kier alpha value is -2.64. The highest BCUT2D eigenvalue weighted by atomic mass is 19.1. The fourth-order valence-corrected chi connectivity index (χ4v) is 3.45. The molecule has 2 aliphatic rings. The summed E-state index contributed by atoms with van der Waals surface area (Å²) < 4.78 is 18.5. The number of guanidine groups is 2. The van der Waals surface area contributed by atoms with Gasteiger partial charge in [-0.2, -0.15) is 4.99 Å². The highest BCUT2D eigenvalue weighted by molar-refractivity contribution is 6.09. The van der Waals surface area contributed by atoms with Crippen molar-refractivity contribution in [1.29, 1.82) is 0 Å². The number of nitrogens with zero attached hydrogens (tertiary/aromatic N) is 3. The predicted octanol–water partition coefficient (Wildman–Crippen LogP) is 1.72. The zero-order valence-corrected chi connectivity index (χ0v) is 13.5. The fourth-order valence-electron chi connectivity index (χ4n) is 3.45. The Bertz CT molecular complexity index is 725. The first-order chi connectivity index (χ1) is 11.5. The van der Waals surface area contributed by atoms with Crippen LogP contribution in [0.15, 0.2) is 28.2 Å². The van der Waals surface area contributed by atoms with Crippen molar-refractivity contribution in [1.82, 2.24) is 0 Å². The number of carbonyl (C=O) groups is 1. The highest BCUT2D eigenvalue weighted by Gasteiger charge is 2.43. The van der Waals surface area contributed by atoms with Crippen molar-refractivity contribution in [3.63, 3.8) is 0 Å². The highest BCUT2D eigenvalue weighted by Crippen LogP contribution is 2.40. The number of ether oxygens (including phenoxy) is 1. The molecule has 1 aliphatic carbocycles. The Morgan fingerprint density at radius 2 is 2.00 bits per heavy atom. The first-order valence-electron chi connectivity index (χ1n) is 7.84. The van der Waals surface area contributed by atoms with Crippen molar-refractivity contribution < 1.29 is 13.9 Å². The molecule has 1 saturated carbocycles. The van der Waals surface area contributed by atoms with E-state index in [1.54, 1.807) is 4.90 Å². The molecule has 1 fully saturated rings. The van der Waals surface area contributed by atoms with E-state index in [1.807, 2.05) is 0 Å². The van der Waals surface area contributed by atoms with Crippen LogP contribution in [0.25, 0.3) is 0 Å². The third-order valence-electron chi connectivity index (χ3n) is 4.46. The summed E-state index contributed by atoms with van der Waals surface area (Å²) in [6, 6.07) is 3.90. The van der Waals surface area contributed by atoms with E-state index in [1.165, 1.54) is 19.2 Å². The minimum absolute atomic E-state index is 0.0799. The molecular formula is C16H20FN5O2. The Morgan fingerprint density at radius 3 is 2.67 bits per heavy atom. The van der Waals surface area contributed by atoms with Crippen LogP contribution in [0.4, 0.5) is 10.1 Å². The quantitative estimate of drug-likeness (QED) is 0.802. The first kappa shape index (κ1) is 16.2. The van der Waals surface area contributed by atoms with E-state index in [9.17, 15) is 9.18 Å². The summed E-state index contributed by atoms with van der Waals surface area (Å²) >= 11 is 0. The Balaban J connectivity index is 2.16. The third-order valence-corrected chi connectivity index (χ3v) is 4.46. The van der Waals surface area contributed by atoms with E-state index in [2.05, 4.69) is 9.98 Å². The summed E-state index contributed by atoms with van der Waals surface area (Å²) in [6.07, 6.45) is 4.45. The largest absolute Gasteiger partial charge is 0.465 e. The van der Waals surface area contributed by atoms with Gasteiger partial charge in [-0.05, 0) is 43.9 Å². The number of benzene rings is 1. The van der Waals surface area contributed by atoms with Gasteiger partial charge >= 0.3 is 5.97 Å². The maximum atomic E-state index is 13.7. The monoisotopic (exact) mass is 333 g/mol. The molecule has 1 heterocycles. The van der Waals surface area contributed by atoms with E-state index >= 15 is 0 Å². The Labute approximate surface area is 139 Å². The molecule has 8 heteroatoms. The zero-order valence-electron chi connectivity index (χ0n) is 13.5. The van der Waals surface area contributed by atoms with Crippen molar-refractivity contribution in [3.8, 4) is 0 Å². The summed E-state index contributed by atoms with van der Waals surface area (Å²) in [5.74, 6) is -0.924. The second-order valence-corrected chi connectivity index (χ2v) is 5.97. The van der Waals surface area contributed by atoms with Crippen LogP contribution in [0.1, 0.15) is 42.5 Å². The van der Waals surface area contributed by atoms with Crippen molar-refractivity contribution in [2.45, 2.75) is 37.8 Å². The van der Waals surface area contributed by atoms with E-state index in [4.69, 9.17) is 16.2 Å². The summed E-state index contributed by atoms with van der Waals surface area (Å²) in [6.45, 7) is 0. The molecule has 0 bridgehead atoms. The van der Waals surface area contributed by atoms with Gasteiger partial charge in [-0.25, -0.2) is 14.2 Å². The number of hydrogen-bond donors (Lipinski definition) is 2. The van der Waals surface area contributed by atoms with Crippen molar-refractivity contribution >= 4 is 23.6 Å². The van der Waals surface area contributed by atoms with Crippen LogP contribution in [0.5, 0.6) is 0 Å². The summed E-state index contributed by atoms with van der Waals surface area (Å²) in [5, 5.41) is 0. The predicted molar refractivity (Wildman–Crippen MR) is 89.3 cm³/mol. The van der Waals surface area contributed by atoms with Gasteiger partial charge in [0.05, 0.1) is 18.4 Å². The van der Waals surface area contributed by atoms with Crippen molar-refractivity contribution in [2.75, 3.05) is 12.0 Å². The molecule has 1 aliphatic heterocycles. The van der Waals surface area contributed by atoms with E-state index in [-0.39, 0.29) is 17.5 Å². The number of halogens is 1. The average molecular weight is 333 g/mol. The molecule has 0 atom stereocenters. The van der Waals surface area contributed by atoms with Gasteiger partial charge in [0.2, 0.25) is 11.9 Å². The van der Waals surface area contributed by atoms with Gasteiger partial charge in [-0.3, -0.25) is 4.90 Å². The number of esters is 1. The van der Waals surface area contributed by atoms with Crippen LogP contribution in [-0.2, 0) is 4.74 Å². The molecule has 1 aromatic carbocycles. The summed E-state index contributed by atoms with van der Waals surface area (Å²) in [5.41, 5.74) is 11.7. The molecule has 0 aromatic heterocycles. The van der Waals surface area contributed by atoms with Crippen LogP contribution in [-0.4, -0.2) is 30.7 Å². The normalized spacial score (nSPS) is 19.7. The number of nitrogens with two attached hydrogens (primary N) is 2. The molecule has 0 amide bonds. The van der Waals surface area contributed by atoms with Crippen LogP contribution in [0.3, 0.4) is 0 Å². The van der Waals surface area contributed by atoms with Crippen LogP contribution < -0.4 is 16.4 Å². The smallest absolute Gasteiger partial charge is 0.340 e. The number of anilines is 1. The summed E-state index contributed by atoms with van der Waals surface area (Å²) in [4.78, 5) is 22.4. The lowest BCUT2D eigenvalue weighted by molar-refractivity contribution is 0.0600. The molecule has 128 valence electrons. The molecule has 3 rings (SSSR count). The summed E-state index contributed by atoms with van der Waals surface area (Å²) in [7, 11) is 1.25. The Kier molecular flexibility index (Phi) is 4.13. The minimum Gasteiger partial charge on any atom is -0.465 e. The second-order valence-electron chi connectivity index (χ2n) is 5.97. The van der Waals surface area contributed by atoms with Crippen molar-refractivity contribution in [2.24, 2.45) is 21.5 Å². The number of methoxy groups -OCH3 is 1. The van der Waals surface area contributed by atoms with Crippen molar-refractivity contribution in [3.05, 3.63) is 29.6 Å². The lowest BCUT2D eigenvalue weighted by Gasteiger charge is -2.46. The lowest BCUT2D eigenvalue weighted by atomic mass is 9.87. The molecule has 4 N–H and O–H groups in total. The van der Waals surface area contributed by atoms with Crippen LogP contribution in [0, 0.1) is 5.82 Å². The van der Waals surface area contributed by atoms with Crippen LogP contribution in [0.2, 0.25) is 0 Å². The van der Waals surface area contributed by atoms with Gasteiger partial charge in [0.15, 0.2) is 0 Å². The Morgan fingerprint density at radius 1 is 1.29 bits per heavy atom. The first-order valence-corrected chi connectivity index (χ1v) is 7.84. The number of rotatable bonds is 2. The molecule has 7 nitrogen and oxygen atoms in total. The fraction of sp³-hybridized carbons (Fsp3) is 0.438. The SMILES string of the molecule is COC(=O)c1cc(F)ccc1N1C(N)=NC(N)=NC12CCCCC2. The maximum Gasteiger partial charge on any atom is 0.340 e. The standard InChI is InChI=1S/C16H20FN5O2/c1-24-13(23)11-9-10(17)5-6-12(11)22-15(19)20-14(18)21-16(22)7-3-2-4-8-16/h5-6,9H,2-4,7-8H2,1H3,(H4,18,19,20,21). The minimum atomic E-state index is -0.700. The van der Waals surface area contributed by atoms with E-state index in [0.29, 0.717) is 5.69 Å². The molecule has 24 heavy (non-hydrogen) atoms. The van der Waals surface area contributed by atoms with Gasteiger partial charge < -0.3 is 16.2 Å². The third kappa shape index (κ3) is 2.68. The molecule has 0 saturated heterocycles. The van der Waals surface area contributed by atoms with E-state index in [0.717, 1.165) is 38.2 Å². The number of carbonyl (C=O) groups excluding carboxylic acids is 1. The molecule has 0 unspecified atom stereocenters. The van der Waals surface area contributed by atoms with Gasteiger partial charge in [-0.1, -0.05) is 6.42 Å². The topological polar surface area (TPSA) is 106 Å². The van der Waals surface area contributed by atoms with Gasteiger partial charge in [-0.15, -0.1) is 0 Å². The second kappa shape index (κ2) is 6.10. The molecular weight excluding hydrogens is 313 g/mol. The number of aliphatic imine (C=N–C) groups is 2. The van der Waals surface area contributed by atoms with Gasteiger partial charge in [0.25, 0.3) is 0 Å². The lowest BCUT2D eigenvalue weighted by Crippen LogP contribution is -2.58. The van der Waals surface area contributed by atoms with Crippen LogP contribution >= 0.6 is 0 Å². The van der Waals surface area contributed by atoms with Gasteiger partial charge in [0.1, 0.15) is 11.5 Å². The zero-order chi connectivity index (χ0) is 17.3.